The Morgan fingerprint density at radius 2 is 1.91 bits per heavy atom. The molecule has 0 aliphatic heterocycles. The highest BCUT2D eigenvalue weighted by Gasteiger charge is 2.27. The van der Waals surface area contributed by atoms with Crippen LogP contribution in [0, 0.1) is 6.92 Å². The Bertz CT molecular complexity index is 722. The molecule has 2 aromatic rings. The fourth-order valence-corrected chi connectivity index (χ4v) is 4.94. The van der Waals surface area contributed by atoms with Crippen LogP contribution < -0.4 is 0 Å². The third kappa shape index (κ3) is 4.33. The van der Waals surface area contributed by atoms with Crippen LogP contribution in [-0.4, -0.2) is 44.8 Å². The summed E-state index contributed by atoms with van der Waals surface area (Å²) in [5.74, 6) is 1.39. The molecule has 0 unspecified atom stereocenters. The summed E-state index contributed by atoms with van der Waals surface area (Å²) in [7, 11) is 0.229. The van der Waals surface area contributed by atoms with Crippen molar-refractivity contribution >= 4 is 33.0 Å². The van der Waals surface area contributed by atoms with Crippen molar-refractivity contribution in [3.63, 3.8) is 0 Å². The van der Waals surface area contributed by atoms with E-state index in [1.54, 1.807) is 18.2 Å². The van der Waals surface area contributed by atoms with Crippen molar-refractivity contribution < 1.29 is 12.8 Å². The van der Waals surface area contributed by atoms with Gasteiger partial charge in [0.2, 0.25) is 0 Å². The van der Waals surface area contributed by atoms with E-state index in [-0.39, 0.29) is 10.8 Å². The first kappa shape index (κ1) is 17.5. The number of halogens is 1. The smallest absolute Gasteiger partial charge is 0.253 e. The number of thiophene rings is 1. The predicted octanol–water partition coefficient (Wildman–Crippen LogP) is 3.06. The normalized spacial score (nSPS) is 12.5. The van der Waals surface area contributed by atoms with E-state index in [1.165, 1.54) is 4.31 Å². The summed E-state index contributed by atoms with van der Waals surface area (Å²) in [6.45, 7) is 3.05. The molecule has 0 saturated heterocycles. The van der Waals surface area contributed by atoms with E-state index in [1.807, 2.05) is 32.0 Å². The zero-order chi connectivity index (χ0) is 16.3. The summed E-state index contributed by atoms with van der Waals surface area (Å²) < 4.78 is 33.2. The molecule has 5 nitrogen and oxygen atoms in total. The molecule has 0 aliphatic carbocycles. The fraction of sp³-hybridized carbons (Fsp3) is 0.429. The van der Waals surface area contributed by atoms with Crippen molar-refractivity contribution in [2.24, 2.45) is 0 Å². The number of hydrogen-bond acceptors (Lipinski definition) is 5. The highest BCUT2D eigenvalue weighted by atomic mass is 35.5. The lowest BCUT2D eigenvalue weighted by atomic mass is 10.4. The van der Waals surface area contributed by atoms with Crippen molar-refractivity contribution in [3.8, 4) is 0 Å². The second kappa shape index (κ2) is 7.14. The largest absolute Gasteiger partial charge is 0.465 e. The molecule has 0 aromatic carbocycles. The maximum atomic E-state index is 12.8. The molecule has 0 saturated carbocycles. The van der Waals surface area contributed by atoms with Crippen LogP contribution in [0.5, 0.6) is 0 Å². The first-order chi connectivity index (χ1) is 10.3. The van der Waals surface area contributed by atoms with Crippen LogP contribution in [0.4, 0.5) is 0 Å². The summed E-state index contributed by atoms with van der Waals surface area (Å²) in [6, 6.07) is 6.77. The minimum absolute atomic E-state index is 0.208. The lowest BCUT2D eigenvalue weighted by molar-refractivity contribution is 0.310. The maximum Gasteiger partial charge on any atom is 0.253 e. The van der Waals surface area contributed by atoms with Gasteiger partial charge in [0.25, 0.3) is 10.0 Å². The van der Waals surface area contributed by atoms with Gasteiger partial charge in [-0.1, -0.05) is 11.6 Å². The van der Waals surface area contributed by atoms with Gasteiger partial charge < -0.3 is 9.32 Å². The van der Waals surface area contributed by atoms with E-state index in [4.69, 9.17) is 16.0 Å². The Balaban J connectivity index is 2.26. The average Bonchev–Trinajstić information content (AvgIpc) is 3.03. The summed E-state index contributed by atoms with van der Waals surface area (Å²) in [5, 5.41) is 0. The standard InChI is InChI=1S/C14H19ClN2O3S2/c1-11-4-5-12(20-11)10-17(9-8-16(2)3)22(18,19)14-7-6-13(15)21-14/h4-7H,8-10H2,1-3H3. The third-order valence-corrected chi connectivity index (χ3v) is 6.61. The first-order valence-electron chi connectivity index (χ1n) is 6.74. The van der Waals surface area contributed by atoms with E-state index in [9.17, 15) is 8.42 Å². The molecular formula is C14H19ClN2O3S2. The molecule has 0 bridgehead atoms. The molecule has 0 radical (unpaired) electrons. The topological polar surface area (TPSA) is 53.8 Å². The van der Waals surface area contributed by atoms with Crippen LogP contribution in [0.25, 0.3) is 0 Å². The number of aryl methyl sites for hydroxylation is 1. The molecule has 8 heteroatoms. The number of likely N-dealkylation sites (N-methyl/N-ethyl adjacent to an activating group) is 1. The van der Waals surface area contributed by atoms with Gasteiger partial charge in [-0.3, -0.25) is 0 Å². The van der Waals surface area contributed by atoms with E-state index in [0.29, 0.717) is 23.2 Å². The SMILES string of the molecule is Cc1ccc(CN(CCN(C)C)S(=O)(=O)c2ccc(Cl)s2)o1. The Morgan fingerprint density at radius 1 is 1.18 bits per heavy atom. The summed E-state index contributed by atoms with van der Waals surface area (Å²) in [4.78, 5) is 1.94. The van der Waals surface area contributed by atoms with Crippen molar-refractivity contribution in [2.75, 3.05) is 27.2 Å². The molecule has 0 fully saturated rings. The van der Waals surface area contributed by atoms with Crippen LogP contribution in [0.15, 0.2) is 32.9 Å². The van der Waals surface area contributed by atoms with Gasteiger partial charge in [-0.25, -0.2) is 8.42 Å². The summed E-state index contributed by atoms with van der Waals surface area (Å²) >= 11 is 6.94. The summed E-state index contributed by atoms with van der Waals surface area (Å²) in [5.41, 5.74) is 0. The molecule has 122 valence electrons. The molecule has 0 atom stereocenters. The molecule has 2 heterocycles. The molecule has 0 N–H and O–H groups in total. The van der Waals surface area contributed by atoms with Gasteiger partial charge in [-0.05, 0) is 45.3 Å². The Kier molecular flexibility index (Phi) is 5.68. The minimum Gasteiger partial charge on any atom is -0.465 e. The van der Waals surface area contributed by atoms with E-state index >= 15 is 0 Å². The summed E-state index contributed by atoms with van der Waals surface area (Å²) in [6.07, 6.45) is 0. The lowest BCUT2D eigenvalue weighted by Gasteiger charge is -2.22. The highest BCUT2D eigenvalue weighted by Crippen LogP contribution is 2.29. The third-order valence-electron chi connectivity index (χ3n) is 3.07. The van der Waals surface area contributed by atoms with Crippen molar-refractivity contribution in [2.45, 2.75) is 17.7 Å². The number of furan rings is 1. The van der Waals surface area contributed by atoms with Gasteiger partial charge in [-0.15, -0.1) is 11.3 Å². The van der Waals surface area contributed by atoms with E-state index in [0.717, 1.165) is 17.1 Å². The number of hydrogen-bond donors (Lipinski definition) is 0. The van der Waals surface area contributed by atoms with Crippen LogP contribution in [0.3, 0.4) is 0 Å². The van der Waals surface area contributed by atoms with Gasteiger partial charge in [-0.2, -0.15) is 4.31 Å². The molecule has 2 rings (SSSR count). The average molecular weight is 363 g/mol. The molecule has 0 spiro atoms. The van der Waals surface area contributed by atoms with Gasteiger partial charge >= 0.3 is 0 Å². The Labute approximate surface area is 140 Å². The molecule has 0 aliphatic rings. The van der Waals surface area contributed by atoms with Crippen molar-refractivity contribution in [3.05, 3.63) is 40.1 Å². The van der Waals surface area contributed by atoms with Crippen LogP contribution in [0.2, 0.25) is 4.34 Å². The van der Waals surface area contributed by atoms with Crippen LogP contribution in [0.1, 0.15) is 11.5 Å². The van der Waals surface area contributed by atoms with Gasteiger partial charge in [0.15, 0.2) is 0 Å². The van der Waals surface area contributed by atoms with Crippen molar-refractivity contribution in [1.29, 1.82) is 0 Å². The van der Waals surface area contributed by atoms with E-state index in [2.05, 4.69) is 0 Å². The highest BCUT2D eigenvalue weighted by molar-refractivity contribution is 7.91. The minimum atomic E-state index is -3.58. The quantitative estimate of drug-likeness (QED) is 0.759. The fourth-order valence-electron chi connectivity index (χ4n) is 1.90. The van der Waals surface area contributed by atoms with Gasteiger partial charge in [0, 0.05) is 13.1 Å². The molecular weight excluding hydrogens is 344 g/mol. The van der Waals surface area contributed by atoms with Gasteiger partial charge in [0.1, 0.15) is 15.7 Å². The van der Waals surface area contributed by atoms with E-state index < -0.39 is 10.0 Å². The molecule has 22 heavy (non-hydrogen) atoms. The number of rotatable bonds is 7. The Hall–Kier alpha value is -0.860. The molecule has 0 amide bonds. The molecule has 2 aromatic heterocycles. The predicted molar refractivity (Wildman–Crippen MR) is 88.9 cm³/mol. The lowest BCUT2D eigenvalue weighted by Crippen LogP contribution is -2.35. The maximum absolute atomic E-state index is 12.8. The zero-order valence-corrected chi connectivity index (χ0v) is 15.1. The van der Waals surface area contributed by atoms with Crippen molar-refractivity contribution in [1.82, 2.24) is 9.21 Å². The first-order valence-corrected chi connectivity index (χ1v) is 9.38. The van der Waals surface area contributed by atoms with Gasteiger partial charge in [0.05, 0.1) is 10.9 Å². The number of sulfonamides is 1. The monoisotopic (exact) mass is 362 g/mol. The second-order valence-corrected chi connectivity index (χ2v) is 9.09. The number of nitrogens with zero attached hydrogens (tertiary/aromatic N) is 2. The zero-order valence-electron chi connectivity index (χ0n) is 12.7. The Morgan fingerprint density at radius 3 is 2.41 bits per heavy atom. The second-order valence-electron chi connectivity index (χ2n) is 5.21. The van der Waals surface area contributed by atoms with Crippen LogP contribution >= 0.6 is 22.9 Å². The van der Waals surface area contributed by atoms with Crippen LogP contribution in [-0.2, 0) is 16.6 Å².